The van der Waals surface area contributed by atoms with Gasteiger partial charge in [-0.25, -0.2) is 4.68 Å². The highest BCUT2D eigenvalue weighted by Crippen LogP contribution is 2.41. The van der Waals surface area contributed by atoms with Crippen LogP contribution in [0.3, 0.4) is 0 Å². The summed E-state index contributed by atoms with van der Waals surface area (Å²) in [5.74, 6) is 0.467. The molecule has 0 atom stereocenters. The molecule has 94 valence electrons. The van der Waals surface area contributed by atoms with Gasteiger partial charge in [-0.05, 0) is 31.9 Å². The zero-order valence-electron chi connectivity index (χ0n) is 10.7. The largest absolute Gasteiger partial charge is 0.393 e. The number of benzene rings is 1. The van der Waals surface area contributed by atoms with Crippen molar-refractivity contribution in [3.8, 4) is 5.69 Å². The lowest BCUT2D eigenvalue weighted by Crippen LogP contribution is -2.20. The average molecular weight is 243 g/mol. The molecule has 1 aliphatic carbocycles. The van der Waals surface area contributed by atoms with Crippen LogP contribution in [0, 0.1) is 6.92 Å². The molecule has 2 N–H and O–H groups in total. The second-order valence-corrected chi connectivity index (χ2v) is 5.05. The van der Waals surface area contributed by atoms with Gasteiger partial charge in [0.25, 0.3) is 5.56 Å². The van der Waals surface area contributed by atoms with E-state index >= 15 is 0 Å². The second-order valence-electron chi connectivity index (χ2n) is 5.05. The lowest BCUT2D eigenvalue weighted by molar-refractivity contribution is 0.616. The molecule has 1 saturated carbocycles. The van der Waals surface area contributed by atoms with Crippen LogP contribution in [0.5, 0.6) is 0 Å². The first-order valence-electron chi connectivity index (χ1n) is 6.24. The minimum atomic E-state index is -0.108. The van der Waals surface area contributed by atoms with Crippen LogP contribution in [0.4, 0.5) is 5.69 Å². The highest BCUT2D eigenvalue weighted by atomic mass is 16.1. The van der Waals surface area contributed by atoms with Crippen molar-refractivity contribution in [2.75, 3.05) is 5.73 Å². The number of hydrogen-bond acceptors (Lipinski definition) is 2. The maximum Gasteiger partial charge on any atom is 0.294 e. The quantitative estimate of drug-likeness (QED) is 0.876. The van der Waals surface area contributed by atoms with Crippen molar-refractivity contribution in [2.24, 2.45) is 7.05 Å². The van der Waals surface area contributed by atoms with E-state index in [9.17, 15) is 4.79 Å². The molecule has 2 aromatic rings. The number of rotatable bonds is 2. The molecule has 0 amide bonds. The Morgan fingerprint density at radius 2 is 1.83 bits per heavy atom. The number of anilines is 1. The number of hydrogen-bond donors (Lipinski definition) is 1. The van der Waals surface area contributed by atoms with Crippen molar-refractivity contribution < 1.29 is 0 Å². The number of nitrogens with two attached hydrogens (primary N) is 1. The van der Waals surface area contributed by atoms with Crippen LogP contribution >= 0.6 is 0 Å². The van der Waals surface area contributed by atoms with Crippen LogP contribution in [-0.4, -0.2) is 9.36 Å². The third-order valence-corrected chi connectivity index (χ3v) is 3.59. The Morgan fingerprint density at radius 3 is 2.39 bits per heavy atom. The summed E-state index contributed by atoms with van der Waals surface area (Å²) in [7, 11) is 1.91. The van der Waals surface area contributed by atoms with Crippen LogP contribution in [0.2, 0.25) is 0 Å². The molecule has 1 aromatic heterocycles. The lowest BCUT2D eigenvalue weighted by atomic mass is 10.2. The van der Waals surface area contributed by atoms with E-state index in [0.717, 1.165) is 24.2 Å². The Balaban J connectivity index is 2.20. The maximum atomic E-state index is 12.2. The Morgan fingerprint density at radius 1 is 1.22 bits per heavy atom. The van der Waals surface area contributed by atoms with E-state index in [4.69, 9.17) is 5.73 Å². The zero-order valence-corrected chi connectivity index (χ0v) is 10.7. The van der Waals surface area contributed by atoms with Gasteiger partial charge in [0.05, 0.1) is 11.4 Å². The second kappa shape index (κ2) is 3.77. The van der Waals surface area contributed by atoms with Gasteiger partial charge in [-0.3, -0.25) is 9.48 Å². The smallest absolute Gasteiger partial charge is 0.294 e. The van der Waals surface area contributed by atoms with E-state index in [1.54, 1.807) is 4.68 Å². The van der Waals surface area contributed by atoms with Crippen molar-refractivity contribution in [1.82, 2.24) is 9.36 Å². The fraction of sp³-hybridized carbons (Fsp3) is 0.357. The molecule has 1 aromatic carbocycles. The molecular weight excluding hydrogens is 226 g/mol. The van der Waals surface area contributed by atoms with Crippen LogP contribution < -0.4 is 11.3 Å². The molecule has 3 rings (SSSR count). The molecule has 18 heavy (non-hydrogen) atoms. The number of nitrogen functional groups attached to an aromatic ring is 1. The molecular formula is C14H17N3O. The molecule has 0 spiro atoms. The van der Waals surface area contributed by atoms with Gasteiger partial charge in [0.2, 0.25) is 0 Å². The third kappa shape index (κ3) is 1.56. The summed E-state index contributed by atoms with van der Waals surface area (Å²) in [5.41, 5.74) is 9.28. The summed E-state index contributed by atoms with van der Waals surface area (Å²) < 4.78 is 3.56. The van der Waals surface area contributed by atoms with Crippen LogP contribution in [0.15, 0.2) is 29.1 Å². The van der Waals surface area contributed by atoms with Crippen molar-refractivity contribution in [2.45, 2.75) is 25.7 Å². The summed E-state index contributed by atoms with van der Waals surface area (Å²) >= 11 is 0. The zero-order chi connectivity index (χ0) is 12.9. The van der Waals surface area contributed by atoms with E-state index in [0.29, 0.717) is 11.6 Å². The van der Waals surface area contributed by atoms with Crippen molar-refractivity contribution in [3.63, 3.8) is 0 Å². The topological polar surface area (TPSA) is 52.9 Å². The summed E-state index contributed by atoms with van der Waals surface area (Å²) in [6, 6.07) is 7.91. The molecule has 4 nitrogen and oxygen atoms in total. The monoisotopic (exact) mass is 243 g/mol. The lowest BCUT2D eigenvalue weighted by Gasteiger charge is -2.09. The first-order chi connectivity index (χ1) is 8.59. The Labute approximate surface area is 106 Å². The number of nitrogens with zero attached hydrogens (tertiary/aromatic N) is 2. The van der Waals surface area contributed by atoms with Gasteiger partial charge in [0.1, 0.15) is 5.69 Å². The van der Waals surface area contributed by atoms with Gasteiger partial charge >= 0.3 is 0 Å². The Bertz CT molecular complexity index is 645. The molecule has 0 aliphatic heterocycles. The van der Waals surface area contributed by atoms with E-state index in [2.05, 4.69) is 0 Å². The SMILES string of the molecule is Cc1ccc(-n2c(=O)c(N)c(C3CC3)n2C)cc1. The average Bonchev–Trinajstić information content (AvgIpc) is 3.13. The molecule has 1 heterocycles. The van der Waals surface area contributed by atoms with E-state index in [1.165, 1.54) is 5.56 Å². The molecule has 0 radical (unpaired) electrons. The predicted molar refractivity (Wildman–Crippen MR) is 72.1 cm³/mol. The number of aryl methyl sites for hydroxylation is 1. The molecule has 0 bridgehead atoms. The van der Waals surface area contributed by atoms with Crippen molar-refractivity contribution in [3.05, 3.63) is 45.9 Å². The van der Waals surface area contributed by atoms with Gasteiger partial charge < -0.3 is 5.73 Å². The van der Waals surface area contributed by atoms with Crippen LogP contribution in [0.25, 0.3) is 5.69 Å². The molecule has 1 fully saturated rings. The fourth-order valence-electron chi connectivity index (χ4n) is 2.46. The Hall–Kier alpha value is -1.97. The van der Waals surface area contributed by atoms with E-state index in [1.807, 2.05) is 42.9 Å². The van der Waals surface area contributed by atoms with Crippen LogP contribution in [-0.2, 0) is 7.05 Å². The highest BCUT2D eigenvalue weighted by Gasteiger charge is 2.31. The van der Waals surface area contributed by atoms with Crippen molar-refractivity contribution >= 4 is 5.69 Å². The molecule has 0 saturated heterocycles. The minimum absolute atomic E-state index is 0.108. The predicted octanol–water partition coefficient (Wildman–Crippen LogP) is 1.94. The first kappa shape index (κ1) is 11.1. The summed E-state index contributed by atoms with van der Waals surface area (Å²) in [6.45, 7) is 2.03. The molecule has 1 aliphatic rings. The standard InChI is InChI=1S/C14H17N3O/c1-9-3-7-11(8-4-9)17-14(18)12(15)13(16(17)2)10-5-6-10/h3-4,7-8,10H,5-6,15H2,1-2H3. The Kier molecular flexibility index (Phi) is 2.33. The van der Waals surface area contributed by atoms with Gasteiger partial charge in [0.15, 0.2) is 0 Å². The fourth-order valence-corrected chi connectivity index (χ4v) is 2.46. The van der Waals surface area contributed by atoms with Gasteiger partial charge in [-0.15, -0.1) is 0 Å². The van der Waals surface area contributed by atoms with E-state index < -0.39 is 0 Å². The van der Waals surface area contributed by atoms with Crippen molar-refractivity contribution in [1.29, 1.82) is 0 Å². The van der Waals surface area contributed by atoms with Crippen LogP contribution in [0.1, 0.15) is 30.0 Å². The maximum absolute atomic E-state index is 12.2. The summed E-state index contributed by atoms with van der Waals surface area (Å²) in [6.07, 6.45) is 2.27. The van der Waals surface area contributed by atoms with E-state index in [-0.39, 0.29) is 5.56 Å². The molecule has 4 heteroatoms. The highest BCUT2D eigenvalue weighted by molar-refractivity contribution is 5.48. The van der Waals surface area contributed by atoms with Gasteiger partial charge in [-0.2, -0.15) is 0 Å². The minimum Gasteiger partial charge on any atom is -0.393 e. The third-order valence-electron chi connectivity index (χ3n) is 3.59. The number of aromatic nitrogens is 2. The summed E-state index contributed by atoms with van der Waals surface area (Å²) in [4.78, 5) is 12.2. The van der Waals surface area contributed by atoms with Gasteiger partial charge in [0, 0.05) is 13.0 Å². The molecule has 0 unspecified atom stereocenters. The van der Waals surface area contributed by atoms with Gasteiger partial charge in [-0.1, -0.05) is 17.7 Å². The normalized spacial score (nSPS) is 15.0. The first-order valence-corrected chi connectivity index (χ1v) is 6.24. The summed E-state index contributed by atoms with van der Waals surface area (Å²) in [5, 5.41) is 0.